The summed E-state index contributed by atoms with van der Waals surface area (Å²) in [5.74, 6) is -0.343. The molecule has 1 heterocycles. The van der Waals surface area contributed by atoms with Crippen molar-refractivity contribution in [3.8, 4) is 0 Å². The van der Waals surface area contributed by atoms with Crippen molar-refractivity contribution in [3.05, 3.63) is 57.5 Å². The number of aromatic nitrogens is 1. The third-order valence-corrected chi connectivity index (χ3v) is 3.12. The van der Waals surface area contributed by atoms with E-state index in [-0.39, 0.29) is 16.7 Å². The highest BCUT2D eigenvalue weighted by Gasteiger charge is 2.11. The fraction of sp³-hybridized carbons (Fsp3) is 0. The van der Waals surface area contributed by atoms with Crippen molar-refractivity contribution >= 4 is 29.1 Å². The molecule has 0 amide bonds. The third-order valence-electron chi connectivity index (χ3n) is 2.00. The average Bonchev–Trinajstić information content (AvgIpc) is 2.31. The molecule has 0 atom stereocenters. The minimum Gasteiger partial charge on any atom is -0.258 e. The molecule has 0 spiro atoms. The van der Waals surface area contributed by atoms with E-state index in [2.05, 4.69) is 4.98 Å². The van der Waals surface area contributed by atoms with Crippen molar-refractivity contribution in [2.75, 3.05) is 0 Å². The molecule has 0 aliphatic rings. The monoisotopic (exact) mass is 284 g/mol. The lowest BCUT2D eigenvalue weighted by atomic mass is 10.4. The predicted molar refractivity (Wildman–Crippen MR) is 66.4 cm³/mol. The summed E-state index contributed by atoms with van der Waals surface area (Å²) in [4.78, 5) is 14.8. The molecule has 4 nitrogen and oxygen atoms in total. The van der Waals surface area contributed by atoms with Crippen molar-refractivity contribution in [1.29, 1.82) is 0 Å². The lowest BCUT2D eigenvalue weighted by Crippen LogP contribution is -1.90. The standard InChI is InChI=1S/C11H6ClFN2O2S/c12-10-5-8(15(16)17)6-11(14-10)18-9-3-1-7(13)2-4-9/h1-6H. The highest BCUT2D eigenvalue weighted by molar-refractivity contribution is 7.99. The van der Waals surface area contributed by atoms with Gasteiger partial charge < -0.3 is 0 Å². The van der Waals surface area contributed by atoms with E-state index < -0.39 is 4.92 Å². The number of nitrogens with zero attached hydrogens (tertiary/aromatic N) is 2. The molecule has 92 valence electrons. The minimum absolute atomic E-state index is 0.0498. The fourth-order valence-corrected chi connectivity index (χ4v) is 2.33. The number of nitro groups is 1. The van der Waals surface area contributed by atoms with Crippen molar-refractivity contribution < 1.29 is 9.31 Å². The van der Waals surface area contributed by atoms with Crippen LogP contribution in [0.15, 0.2) is 46.3 Å². The van der Waals surface area contributed by atoms with Crippen molar-refractivity contribution in [3.63, 3.8) is 0 Å². The van der Waals surface area contributed by atoms with Gasteiger partial charge in [0.1, 0.15) is 16.0 Å². The second-order valence-corrected chi connectivity index (χ2v) is 4.78. The Bertz CT molecular complexity index is 592. The lowest BCUT2D eigenvalue weighted by Gasteiger charge is -2.01. The number of pyridine rings is 1. The average molecular weight is 285 g/mol. The van der Waals surface area contributed by atoms with Crippen LogP contribution in [-0.2, 0) is 0 Å². The molecule has 2 aromatic rings. The number of rotatable bonds is 3. The van der Waals surface area contributed by atoms with E-state index in [1.54, 1.807) is 12.1 Å². The van der Waals surface area contributed by atoms with Gasteiger partial charge in [-0.25, -0.2) is 9.37 Å². The van der Waals surface area contributed by atoms with Gasteiger partial charge in [0.25, 0.3) is 5.69 Å². The lowest BCUT2D eigenvalue weighted by molar-refractivity contribution is -0.385. The molecule has 0 saturated carbocycles. The Morgan fingerprint density at radius 1 is 1.28 bits per heavy atom. The first-order valence-electron chi connectivity index (χ1n) is 4.80. The molecular formula is C11H6ClFN2O2S. The summed E-state index contributed by atoms with van der Waals surface area (Å²) in [5.41, 5.74) is -0.125. The molecule has 7 heteroatoms. The highest BCUT2D eigenvalue weighted by atomic mass is 35.5. The third kappa shape index (κ3) is 3.18. The van der Waals surface area contributed by atoms with Crippen LogP contribution in [0.5, 0.6) is 0 Å². The summed E-state index contributed by atoms with van der Waals surface area (Å²) in [6.45, 7) is 0. The maximum atomic E-state index is 12.7. The van der Waals surface area contributed by atoms with E-state index >= 15 is 0 Å². The molecule has 1 aromatic heterocycles. The summed E-state index contributed by atoms with van der Waals surface area (Å²) in [6, 6.07) is 8.24. The van der Waals surface area contributed by atoms with Gasteiger partial charge in [-0.05, 0) is 24.3 Å². The molecule has 2 rings (SSSR count). The molecule has 0 N–H and O–H groups in total. The molecule has 0 radical (unpaired) electrons. The maximum absolute atomic E-state index is 12.7. The van der Waals surface area contributed by atoms with Crippen LogP contribution in [0.4, 0.5) is 10.1 Å². The van der Waals surface area contributed by atoms with Gasteiger partial charge in [-0.2, -0.15) is 0 Å². The maximum Gasteiger partial charge on any atom is 0.275 e. The smallest absolute Gasteiger partial charge is 0.258 e. The van der Waals surface area contributed by atoms with Crippen LogP contribution in [-0.4, -0.2) is 9.91 Å². The topological polar surface area (TPSA) is 56.0 Å². The normalized spacial score (nSPS) is 10.3. The van der Waals surface area contributed by atoms with Gasteiger partial charge in [-0.3, -0.25) is 10.1 Å². The Morgan fingerprint density at radius 2 is 1.94 bits per heavy atom. The molecule has 0 unspecified atom stereocenters. The highest BCUT2D eigenvalue weighted by Crippen LogP contribution is 2.30. The second kappa shape index (κ2) is 5.32. The van der Waals surface area contributed by atoms with Gasteiger partial charge in [0, 0.05) is 11.0 Å². The van der Waals surface area contributed by atoms with Crippen LogP contribution in [0.2, 0.25) is 5.15 Å². The van der Waals surface area contributed by atoms with E-state index in [9.17, 15) is 14.5 Å². The Hall–Kier alpha value is -1.66. The number of hydrogen-bond donors (Lipinski definition) is 0. The number of halogens is 2. The summed E-state index contributed by atoms with van der Waals surface area (Å²) in [5, 5.41) is 11.1. The van der Waals surface area contributed by atoms with Gasteiger partial charge in [-0.1, -0.05) is 23.4 Å². The summed E-state index contributed by atoms with van der Waals surface area (Å²) < 4.78 is 12.7. The zero-order valence-corrected chi connectivity index (χ0v) is 10.4. The molecule has 0 bridgehead atoms. The van der Waals surface area contributed by atoms with Crippen LogP contribution in [0.25, 0.3) is 0 Å². The summed E-state index contributed by atoms with van der Waals surface area (Å²) >= 11 is 6.87. The van der Waals surface area contributed by atoms with Crippen LogP contribution in [0.1, 0.15) is 0 Å². The predicted octanol–water partition coefficient (Wildman–Crippen LogP) is 3.93. The van der Waals surface area contributed by atoms with Crippen molar-refractivity contribution in [2.45, 2.75) is 9.92 Å². The molecule has 0 saturated heterocycles. The van der Waals surface area contributed by atoms with Crippen LogP contribution in [0.3, 0.4) is 0 Å². The van der Waals surface area contributed by atoms with E-state index in [1.807, 2.05) is 0 Å². The Kier molecular flexibility index (Phi) is 3.78. The van der Waals surface area contributed by atoms with E-state index in [0.29, 0.717) is 5.03 Å². The van der Waals surface area contributed by atoms with E-state index in [0.717, 1.165) is 4.90 Å². The zero-order chi connectivity index (χ0) is 13.1. The Labute approximate surface area is 111 Å². The number of benzene rings is 1. The first-order chi connectivity index (χ1) is 8.54. The van der Waals surface area contributed by atoms with Crippen LogP contribution >= 0.6 is 23.4 Å². The van der Waals surface area contributed by atoms with Crippen molar-refractivity contribution in [1.82, 2.24) is 4.98 Å². The fourth-order valence-electron chi connectivity index (χ4n) is 1.24. The van der Waals surface area contributed by atoms with E-state index in [4.69, 9.17) is 11.6 Å². The molecule has 0 aliphatic heterocycles. The Morgan fingerprint density at radius 3 is 2.56 bits per heavy atom. The molecular weight excluding hydrogens is 279 g/mol. The van der Waals surface area contributed by atoms with Crippen LogP contribution < -0.4 is 0 Å². The van der Waals surface area contributed by atoms with Gasteiger partial charge in [0.05, 0.1) is 11.0 Å². The molecule has 1 aromatic carbocycles. The minimum atomic E-state index is -0.539. The molecule has 0 aliphatic carbocycles. The summed E-state index contributed by atoms with van der Waals surface area (Å²) in [7, 11) is 0. The largest absolute Gasteiger partial charge is 0.275 e. The first kappa shape index (κ1) is 12.8. The quantitative estimate of drug-likeness (QED) is 0.487. The SMILES string of the molecule is O=[N+]([O-])c1cc(Cl)nc(Sc2ccc(F)cc2)c1. The van der Waals surface area contributed by atoms with Gasteiger partial charge in [0.15, 0.2) is 0 Å². The second-order valence-electron chi connectivity index (χ2n) is 3.30. The number of hydrogen-bond acceptors (Lipinski definition) is 4. The Balaban J connectivity index is 2.28. The van der Waals surface area contributed by atoms with Gasteiger partial charge >= 0.3 is 0 Å². The van der Waals surface area contributed by atoms with Crippen molar-refractivity contribution in [2.24, 2.45) is 0 Å². The van der Waals surface area contributed by atoms with Crippen LogP contribution in [0, 0.1) is 15.9 Å². The molecule has 18 heavy (non-hydrogen) atoms. The zero-order valence-electron chi connectivity index (χ0n) is 8.84. The summed E-state index contributed by atoms with van der Waals surface area (Å²) in [6.07, 6.45) is 0. The molecule has 0 fully saturated rings. The van der Waals surface area contributed by atoms with Gasteiger partial charge in [-0.15, -0.1) is 0 Å². The van der Waals surface area contributed by atoms with Gasteiger partial charge in [0.2, 0.25) is 0 Å². The van der Waals surface area contributed by atoms with E-state index in [1.165, 1.54) is 36.0 Å². The first-order valence-corrected chi connectivity index (χ1v) is 5.99.